The summed E-state index contributed by atoms with van der Waals surface area (Å²) in [5, 5.41) is 9.85. The Hall–Kier alpha value is -2.09. The first kappa shape index (κ1) is 19.2. The molecule has 1 unspecified atom stereocenters. The van der Waals surface area contributed by atoms with Crippen molar-refractivity contribution in [2.45, 2.75) is 39.9 Å². The van der Waals surface area contributed by atoms with E-state index in [0.717, 1.165) is 6.07 Å². The molecule has 0 saturated carbocycles. The second-order valence-electron chi connectivity index (χ2n) is 7.09. The summed E-state index contributed by atoms with van der Waals surface area (Å²) in [6, 6.07) is 1.03. The van der Waals surface area contributed by atoms with Crippen LogP contribution in [0.3, 0.4) is 0 Å². The summed E-state index contributed by atoms with van der Waals surface area (Å²) < 4.78 is 43.5. The molecule has 1 aromatic carbocycles. The molecular formula is C17H21BF2O5. The van der Waals surface area contributed by atoms with Crippen LogP contribution in [0, 0.1) is 17.0 Å². The number of carbonyl (C=O) groups excluding carboxylic acids is 1. The highest BCUT2D eigenvalue weighted by Crippen LogP contribution is 2.40. The first-order valence-electron chi connectivity index (χ1n) is 7.87. The van der Waals surface area contributed by atoms with Crippen molar-refractivity contribution in [3.63, 3.8) is 0 Å². The molecule has 1 aromatic rings. The minimum atomic E-state index is -1.20. The number of benzene rings is 1. The minimum Gasteiger partial charge on any atom is -0.535 e. The van der Waals surface area contributed by atoms with Gasteiger partial charge < -0.3 is 19.2 Å². The fraction of sp³-hybridized carbons (Fsp3) is 0.471. The summed E-state index contributed by atoms with van der Waals surface area (Å²) >= 11 is 0. The molecule has 0 spiro atoms. The highest BCUT2D eigenvalue weighted by Gasteiger charge is 2.35. The van der Waals surface area contributed by atoms with Gasteiger partial charge in [-0.3, -0.25) is 4.79 Å². The number of hydrogen-bond acceptors (Lipinski definition) is 5. The summed E-state index contributed by atoms with van der Waals surface area (Å²) in [5.74, 6) is -3.33. The van der Waals surface area contributed by atoms with Crippen LogP contribution in [0.5, 0.6) is 5.75 Å². The Morgan fingerprint density at radius 3 is 2.68 bits per heavy atom. The Labute approximate surface area is 145 Å². The second kappa shape index (κ2) is 7.03. The molecule has 25 heavy (non-hydrogen) atoms. The van der Waals surface area contributed by atoms with E-state index in [1.165, 1.54) is 0 Å². The van der Waals surface area contributed by atoms with Gasteiger partial charge in [-0.2, -0.15) is 0 Å². The number of hydrogen-bond donors (Lipinski definition) is 1. The SMILES string of the molecule is C=C(OCOC(=O)C(C)(C)C)c1c(F)c(F)cc2c1OB(O)C(C)C2. The average molecular weight is 354 g/mol. The highest BCUT2D eigenvalue weighted by atomic mass is 19.2. The molecule has 0 fully saturated rings. The molecule has 1 N–H and O–H groups in total. The number of rotatable bonds is 4. The smallest absolute Gasteiger partial charge is 0.525 e. The molecule has 0 saturated heterocycles. The van der Waals surface area contributed by atoms with Gasteiger partial charge >= 0.3 is 13.1 Å². The quantitative estimate of drug-likeness (QED) is 0.389. The van der Waals surface area contributed by atoms with Crippen LogP contribution in [0.25, 0.3) is 5.76 Å². The van der Waals surface area contributed by atoms with E-state index in [-0.39, 0.29) is 22.9 Å². The van der Waals surface area contributed by atoms with Crippen LogP contribution >= 0.6 is 0 Å². The Morgan fingerprint density at radius 1 is 1.44 bits per heavy atom. The monoisotopic (exact) mass is 354 g/mol. The fourth-order valence-corrected chi connectivity index (χ4v) is 2.32. The van der Waals surface area contributed by atoms with Gasteiger partial charge in [0.1, 0.15) is 11.5 Å². The molecule has 1 aliphatic rings. The molecule has 0 radical (unpaired) electrons. The lowest BCUT2D eigenvalue weighted by Gasteiger charge is -2.27. The lowest BCUT2D eigenvalue weighted by molar-refractivity contribution is -0.161. The number of esters is 1. The predicted molar refractivity (Wildman–Crippen MR) is 88.6 cm³/mol. The van der Waals surface area contributed by atoms with Crippen molar-refractivity contribution in [2.75, 3.05) is 6.79 Å². The number of carbonyl (C=O) groups is 1. The minimum absolute atomic E-state index is 0.0170. The van der Waals surface area contributed by atoms with E-state index >= 15 is 0 Å². The first-order valence-corrected chi connectivity index (χ1v) is 7.87. The molecule has 2 rings (SSSR count). The van der Waals surface area contributed by atoms with Crippen LogP contribution in [0.1, 0.15) is 38.8 Å². The zero-order chi connectivity index (χ0) is 18.9. The molecule has 1 aliphatic heterocycles. The summed E-state index contributed by atoms with van der Waals surface area (Å²) in [6.45, 7) is 9.79. The van der Waals surface area contributed by atoms with Gasteiger partial charge in [-0.05, 0) is 38.8 Å². The predicted octanol–water partition coefficient (Wildman–Crippen LogP) is 3.30. The van der Waals surface area contributed by atoms with Gasteiger partial charge in [-0.25, -0.2) is 8.78 Å². The van der Waals surface area contributed by atoms with Gasteiger partial charge in [0.15, 0.2) is 11.6 Å². The lowest BCUT2D eigenvalue weighted by atomic mass is 9.68. The van der Waals surface area contributed by atoms with Crippen molar-refractivity contribution in [3.8, 4) is 5.75 Å². The van der Waals surface area contributed by atoms with Crippen LogP contribution in [-0.2, 0) is 20.7 Å². The van der Waals surface area contributed by atoms with Crippen molar-refractivity contribution in [3.05, 3.63) is 35.4 Å². The second-order valence-corrected chi connectivity index (χ2v) is 7.09. The molecule has 136 valence electrons. The van der Waals surface area contributed by atoms with E-state index < -0.39 is 36.9 Å². The largest absolute Gasteiger partial charge is 0.535 e. The number of halogens is 2. The Bertz CT molecular complexity index is 699. The van der Waals surface area contributed by atoms with E-state index in [1.807, 2.05) is 0 Å². The molecule has 0 bridgehead atoms. The normalized spacial score (nSPS) is 16.8. The first-order chi connectivity index (χ1) is 11.5. The molecular weight excluding hydrogens is 333 g/mol. The van der Waals surface area contributed by atoms with Crippen molar-refractivity contribution in [1.82, 2.24) is 0 Å². The molecule has 8 heteroatoms. The fourth-order valence-electron chi connectivity index (χ4n) is 2.32. The van der Waals surface area contributed by atoms with Crippen LogP contribution in [0.4, 0.5) is 8.78 Å². The average Bonchev–Trinajstić information content (AvgIpc) is 2.49. The van der Waals surface area contributed by atoms with Crippen LogP contribution < -0.4 is 4.65 Å². The van der Waals surface area contributed by atoms with Crippen LogP contribution in [0.15, 0.2) is 12.6 Å². The lowest BCUT2D eigenvalue weighted by Crippen LogP contribution is -2.33. The topological polar surface area (TPSA) is 65.0 Å². The van der Waals surface area contributed by atoms with E-state index in [0.29, 0.717) is 12.0 Å². The van der Waals surface area contributed by atoms with Gasteiger partial charge in [0, 0.05) is 5.82 Å². The van der Waals surface area contributed by atoms with Crippen LogP contribution in [0.2, 0.25) is 5.82 Å². The van der Waals surface area contributed by atoms with Gasteiger partial charge in [0.05, 0.1) is 11.0 Å². The van der Waals surface area contributed by atoms with Crippen molar-refractivity contribution in [1.29, 1.82) is 0 Å². The third-order valence-corrected chi connectivity index (χ3v) is 3.83. The van der Waals surface area contributed by atoms with Crippen LogP contribution in [-0.4, -0.2) is 24.9 Å². The Balaban J connectivity index is 2.21. The maximum atomic E-state index is 14.3. The summed E-state index contributed by atoms with van der Waals surface area (Å²) in [4.78, 5) is 11.7. The molecule has 1 heterocycles. The Morgan fingerprint density at radius 2 is 2.08 bits per heavy atom. The third-order valence-electron chi connectivity index (χ3n) is 3.83. The molecule has 0 aliphatic carbocycles. The van der Waals surface area contributed by atoms with Gasteiger partial charge in [0.2, 0.25) is 6.79 Å². The molecule has 0 amide bonds. The summed E-state index contributed by atoms with van der Waals surface area (Å²) in [6.07, 6.45) is 0.312. The van der Waals surface area contributed by atoms with Gasteiger partial charge in [-0.15, -0.1) is 0 Å². The number of ether oxygens (including phenoxy) is 2. The van der Waals surface area contributed by atoms with E-state index in [1.54, 1.807) is 27.7 Å². The zero-order valence-electron chi connectivity index (χ0n) is 14.7. The van der Waals surface area contributed by atoms with Crippen molar-refractivity contribution in [2.24, 2.45) is 5.41 Å². The van der Waals surface area contributed by atoms with E-state index in [4.69, 9.17) is 14.1 Å². The highest BCUT2D eigenvalue weighted by molar-refractivity contribution is 6.46. The maximum absolute atomic E-state index is 14.3. The van der Waals surface area contributed by atoms with E-state index in [2.05, 4.69) is 6.58 Å². The van der Waals surface area contributed by atoms with Crippen molar-refractivity contribution < 1.29 is 32.7 Å². The molecule has 0 aromatic heterocycles. The molecule has 5 nitrogen and oxygen atoms in total. The van der Waals surface area contributed by atoms with Gasteiger partial charge in [-0.1, -0.05) is 13.5 Å². The number of fused-ring (bicyclic) bond motifs is 1. The van der Waals surface area contributed by atoms with E-state index in [9.17, 15) is 18.6 Å². The zero-order valence-corrected chi connectivity index (χ0v) is 14.7. The third kappa shape index (κ3) is 4.12. The Kier molecular flexibility index (Phi) is 5.41. The summed E-state index contributed by atoms with van der Waals surface area (Å²) in [7, 11) is -1.15. The van der Waals surface area contributed by atoms with Crippen molar-refractivity contribution >= 4 is 18.8 Å². The summed E-state index contributed by atoms with van der Waals surface area (Å²) in [5.41, 5.74) is -0.645. The maximum Gasteiger partial charge on any atom is 0.525 e. The van der Waals surface area contributed by atoms with Gasteiger partial charge in [0.25, 0.3) is 0 Å². The standard InChI is InChI=1S/C17H21BF2O5/c1-9-6-11-7-12(19)14(20)13(15(11)25-18(9)22)10(2)23-8-24-16(21)17(3,4)5/h7,9,22H,2,6,8H2,1,3-5H3. The molecule has 1 atom stereocenters.